The molecule has 0 spiro atoms. The molecule has 222 valence electrons. The predicted octanol–water partition coefficient (Wildman–Crippen LogP) is 10.1. The van der Waals surface area contributed by atoms with E-state index in [9.17, 15) is 8.42 Å². The average molecular weight is 625 g/mol. The zero-order chi connectivity index (χ0) is 31.3. The van der Waals surface area contributed by atoms with Crippen molar-refractivity contribution in [1.29, 1.82) is 0 Å². The van der Waals surface area contributed by atoms with Crippen LogP contribution in [0.3, 0.4) is 0 Å². The highest BCUT2D eigenvalue weighted by Crippen LogP contribution is 2.52. The Labute approximate surface area is 270 Å². The van der Waals surface area contributed by atoms with Crippen molar-refractivity contribution in [2.75, 3.05) is 0 Å². The van der Waals surface area contributed by atoms with Gasteiger partial charge in [-0.15, -0.1) is 0 Å². The van der Waals surface area contributed by atoms with E-state index in [4.69, 9.17) is 9.72 Å². The second-order valence-electron chi connectivity index (χ2n) is 11.9. The molecule has 0 saturated heterocycles. The Bertz CT molecular complexity index is 2690. The average Bonchev–Trinajstić information content (AvgIpc) is 3.45. The van der Waals surface area contributed by atoms with E-state index in [1.165, 1.54) is 10.8 Å². The van der Waals surface area contributed by atoms with Gasteiger partial charge in [0.1, 0.15) is 21.3 Å². The number of fused-ring (bicyclic) bond motifs is 13. The highest BCUT2D eigenvalue weighted by atomic mass is 32.2. The van der Waals surface area contributed by atoms with Crippen LogP contribution < -0.4 is 4.74 Å². The van der Waals surface area contributed by atoms with Crippen LogP contribution in [0.5, 0.6) is 11.5 Å². The molecule has 5 nitrogen and oxygen atoms in total. The van der Waals surface area contributed by atoms with Crippen molar-refractivity contribution >= 4 is 31.6 Å². The summed E-state index contributed by atoms with van der Waals surface area (Å²) in [6.45, 7) is 0. The van der Waals surface area contributed by atoms with Crippen LogP contribution in [-0.2, 0) is 9.84 Å². The fraction of sp³-hybridized carbons (Fsp3) is 0. The third-order valence-corrected chi connectivity index (χ3v) is 11.2. The fourth-order valence-electron chi connectivity index (χ4n) is 7.38. The summed E-state index contributed by atoms with van der Waals surface area (Å²) >= 11 is 0. The summed E-state index contributed by atoms with van der Waals surface area (Å²) in [7, 11) is -3.84. The van der Waals surface area contributed by atoms with Crippen LogP contribution in [0, 0.1) is 0 Å². The molecule has 3 heterocycles. The first-order chi connectivity index (χ1) is 23.1. The van der Waals surface area contributed by atoms with Crippen LogP contribution in [0.2, 0.25) is 0 Å². The Morgan fingerprint density at radius 1 is 0.489 bits per heavy atom. The molecule has 2 aromatic heterocycles. The molecule has 0 saturated carbocycles. The SMILES string of the molecule is O=S1(=O)c2ccccc2Oc2cc3c(cc21)-c1ccc(-n2c4ccccc4c4ccccc42)cc1-c1ccccc1-c1cccnc1-3. The van der Waals surface area contributed by atoms with Gasteiger partial charge in [0.15, 0.2) is 0 Å². The summed E-state index contributed by atoms with van der Waals surface area (Å²) in [5, 5.41) is 2.38. The lowest BCUT2D eigenvalue weighted by Crippen LogP contribution is -2.12. The summed E-state index contributed by atoms with van der Waals surface area (Å²) in [5.41, 5.74) is 10.6. The van der Waals surface area contributed by atoms with Gasteiger partial charge in [-0.2, -0.15) is 0 Å². The molecule has 6 aromatic carbocycles. The van der Waals surface area contributed by atoms with Crippen molar-refractivity contribution in [3.05, 3.63) is 146 Å². The number of ether oxygens (including phenoxy) is 1. The number of rotatable bonds is 1. The van der Waals surface area contributed by atoms with E-state index in [1.54, 1.807) is 36.5 Å². The number of aromatic nitrogens is 2. The minimum atomic E-state index is -3.84. The molecule has 0 amide bonds. The van der Waals surface area contributed by atoms with Crippen LogP contribution in [0.25, 0.3) is 72.1 Å². The van der Waals surface area contributed by atoms with Gasteiger partial charge >= 0.3 is 0 Å². The van der Waals surface area contributed by atoms with E-state index in [2.05, 4.69) is 95.6 Å². The Kier molecular flexibility index (Phi) is 5.32. The lowest BCUT2D eigenvalue weighted by Gasteiger charge is -2.26. The van der Waals surface area contributed by atoms with Crippen LogP contribution in [0.15, 0.2) is 156 Å². The van der Waals surface area contributed by atoms with Gasteiger partial charge in [0.2, 0.25) is 9.84 Å². The maximum atomic E-state index is 14.1. The summed E-state index contributed by atoms with van der Waals surface area (Å²) in [6, 6.07) is 46.3. The van der Waals surface area contributed by atoms with Gasteiger partial charge in [-0.1, -0.05) is 84.9 Å². The van der Waals surface area contributed by atoms with Gasteiger partial charge in [0.05, 0.1) is 16.7 Å². The lowest BCUT2D eigenvalue weighted by atomic mass is 9.82. The first-order valence-electron chi connectivity index (χ1n) is 15.5. The van der Waals surface area contributed by atoms with Crippen molar-refractivity contribution in [2.45, 2.75) is 9.79 Å². The number of pyridine rings is 1. The highest BCUT2D eigenvalue weighted by molar-refractivity contribution is 7.91. The molecule has 1 aliphatic heterocycles. The third kappa shape index (κ3) is 3.64. The topological polar surface area (TPSA) is 61.2 Å². The molecular formula is C41H24N2O3S. The van der Waals surface area contributed by atoms with Gasteiger partial charge in [-0.25, -0.2) is 8.42 Å². The number of hydrogen-bond donors (Lipinski definition) is 0. The van der Waals surface area contributed by atoms with Gasteiger partial charge in [0.25, 0.3) is 0 Å². The zero-order valence-electron chi connectivity index (χ0n) is 24.9. The first-order valence-corrected chi connectivity index (χ1v) is 16.9. The van der Waals surface area contributed by atoms with Crippen molar-refractivity contribution < 1.29 is 13.2 Å². The van der Waals surface area contributed by atoms with E-state index in [0.717, 1.165) is 61.4 Å². The Hall–Kier alpha value is -5.98. The van der Waals surface area contributed by atoms with Crippen LogP contribution in [0.1, 0.15) is 0 Å². The molecule has 1 aliphatic carbocycles. The normalized spacial score (nSPS) is 13.6. The van der Waals surface area contributed by atoms with Crippen LogP contribution >= 0.6 is 0 Å². The van der Waals surface area contributed by atoms with Crippen LogP contribution in [0.4, 0.5) is 0 Å². The highest BCUT2D eigenvalue weighted by Gasteiger charge is 2.34. The molecule has 0 N–H and O–H groups in total. The largest absolute Gasteiger partial charge is 0.455 e. The summed E-state index contributed by atoms with van der Waals surface area (Å²) < 4.78 is 36.7. The number of para-hydroxylation sites is 3. The van der Waals surface area contributed by atoms with E-state index < -0.39 is 9.84 Å². The smallest absolute Gasteiger partial charge is 0.213 e. The van der Waals surface area contributed by atoms with E-state index in [1.807, 2.05) is 18.2 Å². The molecule has 0 atom stereocenters. The van der Waals surface area contributed by atoms with Gasteiger partial charge in [0, 0.05) is 33.8 Å². The lowest BCUT2D eigenvalue weighted by molar-refractivity contribution is 0.443. The molecule has 0 radical (unpaired) electrons. The summed E-state index contributed by atoms with van der Waals surface area (Å²) in [4.78, 5) is 5.20. The molecule has 0 unspecified atom stereocenters. The molecule has 8 aromatic rings. The number of benzene rings is 6. The van der Waals surface area contributed by atoms with Crippen molar-refractivity contribution in [1.82, 2.24) is 9.55 Å². The van der Waals surface area contributed by atoms with Crippen LogP contribution in [-0.4, -0.2) is 18.0 Å². The molecule has 2 aliphatic rings. The molecule has 0 fully saturated rings. The van der Waals surface area contributed by atoms with E-state index >= 15 is 0 Å². The number of hydrogen-bond acceptors (Lipinski definition) is 4. The molecular weight excluding hydrogens is 601 g/mol. The quantitative estimate of drug-likeness (QED) is 0.182. The van der Waals surface area contributed by atoms with Gasteiger partial charge in [-0.05, 0) is 82.4 Å². The Morgan fingerprint density at radius 3 is 1.89 bits per heavy atom. The molecule has 10 rings (SSSR count). The molecule has 47 heavy (non-hydrogen) atoms. The van der Waals surface area contributed by atoms with Crippen molar-refractivity contribution in [3.8, 4) is 61.8 Å². The van der Waals surface area contributed by atoms with E-state index in [0.29, 0.717) is 11.5 Å². The maximum absolute atomic E-state index is 14.1. The summed E-state index contributed by atoms with van der Waals surface area (Å²) in [5.74, 6) is 0.630. The van der Waals surface area contributed by atoms with Gasteiger partial charge < -0.3 is 9.30 Å². The second-order valence-corrected chi connectivity index (χ2v) is 13.8. The summed E-state index contributed by atoms with van der Waals surface area (Å²) in [6.07, 6.45) is 1.78. The molecule has 6 heteroatoms. The Balaban J connectivity index is 1.31. The standard InChI is InChI=1S/C41H24N2O3S/c44-47(45)39-18-8-7-17-37(39)46-38-23-34-33(24-40(38)47)28-20-19-25(43-35-15-5-3-12-29(35)30-13-4-6-16-36(30)43)22-32(28)27-11-2-1-10-26(27)31-14-9-21-42-41(31)34/h1-24H. The zero-order valence-corrected chi connectivity index (χ0v) is 25.7. The second kappa shape index (κ2) is 9.52. The molecule has 0 bridgehead atoms. The minimum absolute atomic E-state index is 0.152. The number of nitrogens with zero attached hydrogens (tertiary/aromatic N) is 2. The minimum Gasteiger partial charge on any atom is -0.455 e. The third-order valence-electron chi connectivity index (χ3n) is 9.43. The van der Waals surface area contributed by atoms with E-state index in [-0.39, 0.29) is 9.79 Å². The number of sulfone groups is 1. The fourth-order valence-corrected chi connectivity index (χ4v) is 8.89. The Morgan fingerprint density at radius 2 is 1.11 bits per heavy atom. The maximum Gasteiger partial charge on any atom is 0.213 e. The monoisotopic (exact) mass is 624 g/mol. The van der Waals surface area contributed by atoms with Crippen molar-refractivity contribution in [2.24, 2.45) is 0 Å². The first kappa shape index (κ1) is 26.3. The predicted molar refractivity (Wildman–Crippen MR) is 186 cm³/mol. The van der Waals surface area contributed by atoms with Gasteiger partial charge in [-0.3, -0.25) is 4.98 Å². The van der Waals surface area contributed by atoms with Crippen molar-refractivity contribution in [3.63, 3.8) is 0 Å².